The average molecular weight is 284 g/mol. The molecule has 3 unspecified atom stereocenters. The van der Waals surface area contributed by atoms with Gasteiger partial charge in [0, 0.05) is 24.7 Å². The van der Waals surface area contributed by atoms with Gasteiger partial charge in [-0.3, -0.25) is 0 Å². The zero-order chi connectivity index (χ0) is 15.4. The minimum absolute atomic E-state index is 0.134. The number of hydrogen-bond donors (Lipinski definition) is 2. The van der Waals surface area contributed by atoms with E-state index in [1.807, 2.05) is 0 Å². The van der Waals surface area contributed by atoms with Crippen molar-refractivity contribution in [3.8, 4) is 0 Å². The van der Waals surface area contributed by atoms with Crippen molar-refractivity contribution in [3.05, 3.63) is 0 Å². The van der Waals surface area contributed by atoms with E-state index in [-0.39, 0.29) is 17.1 Å². The van der Waals surface area contributed by atoms with Crippen LogP contribution in [0, 0.1) is 5.41 Å². The van der Waals surface area contributed by atoms with Crippen molar-refractivity contribution >= 4 is 0 Å². The highest BCUT2D eigenvalue weighted by Crippen LogP contribution is 2.27. The number of likely N-dealkylation sites (N-methyl/N-ethyl adjacent to an activating group) is 1. The maximum absolute atomic E-state index is 10.2. The second-order valence-corrected chi connectivity index (χ2v) is 8.10. The van der Waals surface area contributed by atoms with E-state index >= 15 is 0 Å². The molecule has 0 spiro atoms. The smallest absolute Gasteiger partial charge is 0.0695 e. The van der Waals surface area contributed by atoms with Crippen molar-refractivity contribution < 1.29 is 5.11 Å². The Bertz CT molecular complexity index is 287. The molecular weight excluding hydrogens is 248 g/mol. The van der Waals surface area contributed by atoms with E-state index in [4.69, 9.17) is 0 Å². The lowest BCUT2D eigenvalue weighted by Crippen LogP contribution is -2.51. The Balaban J connectivity index is 2.56. The van der Waals surface area contributed by atoms with Crippen LogP contribution >= 0.6 is 0 Å². The molecule has 120 valence electrons. The van der Waals surface area contributed by atoms with Gasteiger partial charge in [0.05, 0.1) is 6.10 Å². The Labute approximate surface area is 126 Å². The summed E-state index contributed by atoms with van der Waals surface area (Å²) >= 11 is 0. The summed E-state index contributed by atoms with van der Waals surface area (Å²) in [7, 11) is 2.18. The Morgan fingerprint density at radius 1 is 1.15 bits per heavy atom. The number of aliphatic hydroxyl groups excluding tert-OH is 1. The van der Waals surface area contributed by atoms with Crippen LogP contribution in [0.5, 0.6) is 0 Å². The summed E-state index contributed by atoms with van der Waals surface area (Å²) in [6.07, 6.45) is 5.58. The Morgan fingerprint density at radius 3 is 2.25 bits per heavy atom. The first-order valence-corrected chi connectivity index (χ1v) is 8.30. The van der Waals surface area contributed by atoms with Crippen LogP contribution in [0.25, 0.3) is 0 Å². The number of nitrogens with one attached hydrogen (secondary N) is 1. The fourth-order valence-electron chi connectivity index (χ4n) is 3.10. The third-order valence-corrected chi connectivity index (χ3v) is 4.79. The average Bonchev–Trinajstić information content (AvgIpc) is 2.36. The molecular formula is C17H36N2O. The Hall–Kier alpha value is -0.120. The van der Waals surface area contributed by atoms with E-state index in [0.717, 1.165) is 32.4 Å². The molecule has 1 aliphatic carbocycles. The highest BCUT2D eigenvalue weighted by molar-refractivity contribution is 4.87. The molecule has 1 fully saturated rings. The largest absolute Gasteiger partial charge is 0.391 e. The number of aliphatic hydroxyl groups is 1. The van der Waals surface area contributed by atoms with Crippen LogP contribution < -0.4 is 5.32 Å². The molecule has 1 rings (SSSR count). The van der Waals surface area contributed by atoms with Gasteiger partial charge >= 0.3 is 0 Å². The number of rotatable bonds is 6. The fourth-order valence-corrected chi connectivity index (χ4v) is 3.10. The van der Waals surface area contributed by atoms with E-state index in [2.05, 4.69) is 51.9 Å². The molecule has 0 saturated heterocycles. The summed E-state index contributed by atoms with van der Waals surface area (Å²) in [6.45, 7) is 13.4. The maximum Gasteiger partial charge on any atom is 0.0695 e. The summed E-state index contributed by atoms with van der Waals surface area (Å²) in [5, 5.41) is 13.9. The van der Waals surface area contributed by atoms with Crippen molar-refractivity contribution in [1.29, 1.82) is 0 Å². The van der Waals surface area contributed by atoms with Gasteiger partial charge in [-0.1, -0.05) is 26.7 Å². The quantitative estimate of drug-likeness (QED) is 0.787. The molecule has 0 aliphatic heterocycles. The van der Waals surface area contributed by atoms with E-state index in [0.29, 0.717) is 6.04 Å². The van der Waals surface area contributed by atoms with Crippen molar-refractivity contribution in [2.24, 2.45) is 5.41 Å². The fraction of sp³-hybridized carbons (Fsp3) is 1.00. The molecule has 2 N–H and O–H groups in total. The highest BCUT2D eigenvalue weighted by Gasteiger charge is 2.32. The molecule has 0 heterocycles. The molecule has 0 radical (unpaired) electrons. The molecule has 3 nitrogen and oxygen atoms in total. The zero-order valence-corrected chi connectivity index (χ0v) is 14.5. The van der Waals surface area contributed by atoms with Gasteiger partial charge in [-0.05, 0) is 52.5 Å². The zero-order valence-electron chi connectivity index (χ0n) is 14.5. The molecule has 0 aromatic carbocycles. The lowest BCUT2D eigenvalue weighted by molar-refractivity contribution is 0.0131. The standard InChI is InChI=1S/C17H36N2O/c1-7-17(5,12-18-16(2,3)4)13-19(6)14-10-8-9-11-15(14)20/h14-15,18,20H,7-13H2,1-6H3. The van der Waals surface area contributed by atoms with Crippen molar-refractivity contribution in [2.45, 2.75) is 84.4 Å². The van der Waals surface area contributed by atoms with Gasteiger partial charge in [-0.25, -0.2) is 0 Å². The van der Waals surface area contributed by atoms with Gasteiger partial charge in [0.25, 0.3) is 0 Å². The maximum atomic E-state index is 10.2. The topological polar surface area (TPSA) is 35.5 Å². The molecule has 1 aliphatic rings. The van der Waals surface area contributed by atoms with Gasteiger partial charge in [-0.2, -0.15) is 0 Å². The molecule has 20 heavy (non-hydrogen) atoms. The molecule has 3 heteroatoms. The van der Waals surface area contributed by atoms with Crippen LogP contribution in [0.3, 0.4) is 0 Å². The van der Waals surface area contributed by atoms with Crippen molar-refractivity contribution in [2.75, 3.05) is 20.1 Å². The second-order valence-electron chi connectivity index (χ2n) is 8.10. The van der Waals surface area contributed by atoms with Crippen LogP contribution in [-0.4, -0.2) is 47.8 Å². The van der Waals surface area contributed by atoms with Gasteiger partial charge < -0.3 is 15.3 Å². The number of nitrogens with zero attached hydrogens (tertiary/aromatic N) is 1. The summed E-state index contributed by atoms with van der Waals surface area (Å²) in [5.41, 5.74) is 0.429. The predicted molar refractivity (Wildman–Crippen MR) is 87.0 cm³/mol. The van der Waals surface area contributed by atoms with E-state index in [1.165, 1.54) is 12.8 Å². The van der Waals surface area contributed by atoms with Gasteiger partial charge in [0.2, 0.25) is 0 Å². The number of hydrogen-bond acceptors (Lipinski definition) is 3. The van der Waals surface area contributed by atoms with Crippen LogP contribution in [0.4, 0.5) is 0 Å². The summed E-state index contributed by atoms with van der Waals surface area (Å²) in [6, 6.07) is 0.351. The highest BCUT2D eigenvalue weighted by atomic mass is 16.3. The van der Waals surface area contributed by atoms with Gasteiger partial charge in [0.1, 0.15) is 0 Å². The van der Waals surface area contributed by atoms with Crippen molar-refractivity contribution in [3.63, 3.8) is 0 Å². The van der Waals surface area contributed by atoms with E-state index in [9.17, 15) is 5.11 Å². The first-order valence-electron chi connectivity index (χ1n) is 8.30. The van der Waals surface area contributed by atoms with E-state index < -0.39 is 0 Å². The molecule has 0 aromatic rings. The first kappa shape index (κ1) is 17.9. The minimum atomic E-state index is -0.134. The lowest BCUT2D eigenvalue weighted by Gasteiger charge is -2.41. The molecule has 0 aromatic heterocycles. The predicted octanol–water partition coefficient (Wildman–Crippen LogP) is 3.03. The lowest BCUT2D eigenvalue weighted by atomic mass is 9.84. The monoisotopic (exact) mass is 284 g/mol. The van der Waals surface area contributed by atoms with Gasteiger partial charge in [0.15, 0.2) is 0 Å². The van der Waals surface area contributed by atoms with Crippen LogP contribution in [0.1, 0.15) is 66.7 Å². The normalized spacial score (nSPS) is 27.6. The van der Waals surface area contributed by atoms with Gasteiger partial charge in [-0.15, -0.1) is 0 Å². The summed E-state index contributed by atoms with van der Waals surface area (Å²) in [5.74, 6) is 0. The Morgan fingerprint density at radius 2 is 1.75 bits per heavy atom. The third kappa shape index (κ3) is 5.71. The minimum Gasteiger partial charge on any atom is -0.391 e. The second kappa shape index (κ2) is 7.24. The third-order valence-electron chi connectivity index (χ3n) is 4.79. The van der Waals surface area contributed by atoms with E-state index in [1.54, 1.807) is 0 Å². The summed E-state index contributed by atoms with van der Waals surface area (Å²) in [4.78, 5) is 2.40. The first-order chi connectivity index (χ1) is 9.17. The molecule has 0 amide bonds. The Kier molecular flexibility index (Phi) is 6.49. The molecule has 0 bridgehead atoms. The van der Waals surface area contributed by atoms with Crippen LogP contribution in [0.2, 0.25) is 0 Å². The SMILES string of the molecule is CCC(C)(CNC(C)(C)C)CN(C)C1CCCCC1O. The van der Waals surface area contributed by atoms with Crippen LogP contribution in [-0.2, 0) is 0 Å². The summed E-state index contributed by atoms with van der Waals surface area (Å²) < 4.78 is 0. The molecule has 1 saturated carbocycles. The molecule has 3 atom stereocenters. The van der Waals surface area contributed by atoms with Crippen molar-refractivity contribution in [1.82, 2.24) is 10.2 Å². The van der Waals surface area contributed by atoms with Crippen LogP contribution in [0.15, 0.2) is 0 Å².